The molecule has 0 spiro atoms. The predicted molar refractivity (Wildman–Crippen MR) is 78.9 cm³/mol. The standard InChI is InChI=1S/C13H19IO5/c1-8(16)13(17)12(7-15)19-9(2)18-11-6-4-3-5-10(11)14/h3-6,8-9,12-13,15-17H,7H2,1-2H3/t8-,9?,12?,13+/m1/s1. The second-order valence-electron chi connectivity index (χ2n) is 4.20. The largest absolute Gasteiger partial charge is 0.464 e. The first kappa shape index (κ1) is 16.6. The van der Waals surface area contributed by atoms with Crippen molar-refractivity contribution in [3.8, 4) is 5.75 Å². The van der Waals surface area contributed by atoms with Gasteiger partial charge < -0.3 is 24.8 Å². The third-order valence-corrected chi connectivity index (χ3v) is 3.44. The van der Waals surface area contributed by atoms with E-state index < -0.39 is 31.2 Å². The van der Waals surface area contributed by atoms with Gasteiger partial charge in [-0.2, -0.15) is 0 Å². The highest BCUT2D eigenvalue weighted by molar-refractivity contribution is 14.1. The van der Waals surface area contributed by atoms with E-state index in [1.54, 1.807) is 13.0 Å². The van der Waals surface area contributed by atoms with E-state index in [1.165, 1.54) is 6.92 Å². The van der Waals surface area contributed by atoms with Crippen molar-refractivity contribution < 1.29 is 24.8 Å². The summed E-state index contributed by atoms with van der Waals surface area (Å²) < 4.78 is 11.9. The lowest BCUT2D eigenvalue weighted by Crippen LogP contribution is -2.42. The zero-order valence-corrected chi connectivity index (χ0v) is 13.0. The number of hydrogen-bond donors (Lipinski definition) is 3. The first-order chi connectivity index (χ1) is 8.95. The van der Waals surface area contributed by atoms with Gasteiger partial charge in [0.2, 0.25) is 0 Å². The maximum atomic E-state index is 9.66. The van der Waals surface area contributed by atoms with Gasteiger partial charge in [-0.25, -0.2) is 0 Å². The fourth-order valence-corrected chi connectivity index (χ4v) is 2.05. The molecule has 19 heavy (non-hydrogen) atoms. The molecule has 0 aromatic heterocycles. The van der Waals surface area contributed by atoms with Crippen molar-refractivity contribution in [1.82, 2.24) is 0 Å². The number of aliphatic hydroxyl groups excluding tert-OH is 3. The van der Waals surface area contributed by atoms with Crippen molar-refractivity contribution in [2.75, 3.05) is 6.61 Å². The number of para-hydroxylation sites is 1. The van der Waals surface area contributed by atoms with E-state index in [0.717, 1.165) is 3.57 Å². The lowest BCUT2D eigenvalue weighted by atomic mass is 10.1. The quantitative estimate of drug-likeness (QED) is 0.487. The molecule has 0 aliphatic carbocycles. The summed E-state index contributed by atoms with van der Waals surface area (Å²) in [6, 6.07) is 7.45. The average molecular weight is 382 g/mol. The molecular formula is C13H19IO5. The molecule has 4 atom stereocenters. The van der Waals surface area contributed by atoms with E-state index in [-0.39, 0.29) is 0 Å². The number of halogens is 1. The monoisotopic (exact) mass is 382 g/mol. The van der Waals surface area contributed by atoms with E-state index in [4.69, 9.17) is 14.6 Å². The first-order valence-corrected chi connectivity index (χ1v) is 7.07. The number of rotatable bonds is 7. The fraction of sp³-hybridized carbons (Fsp3) is 0.538. The van der Waals surface area contributed by atoms with Crippen LogP contribution in [0, 0.1) is 3.57 Å². The fourth-order valence-electron chi connectivity index (χ4n) is 1.54. The van der Waals surface area contributed by atoms with Crippen LogP contribution in [0.5, 0.6) is 5.75 Å². The van der Waals surface area contributed by atoms with Crippen LogP contribution in [0.15, 0.2) is 24.3 Å². The molecule has 0 saturated carbocycles. The Labute approximate surface area is 126 Å². The predicted octanol–water partition coefficient (Wildman–Crippen LogP) is 1.14. The zero-order valence-electron chi connectivity index (χ0n) is 10.9. The minimum Gasteiger partial charge on any atom is -0.464 e. The summed E-state index contributed by atoms with van der Waals surface area (Å²) in [7, 11) is 0. The van der Waals surface area contributed by atoms with Gasteiger partial charge in [-0.3, -0.25) is 0 Å². The Morgan fingerprint density at radius 2 is 1.84 bits per heavy atom. The molecule has 3 N–H and O–H groups in total. The minimum absolute atomic E-state index is 0.397. The highest BCUT2D eigenvalue weighted by Crippen LogP contribution is 2.21. The van der Waals surface area contributed by atoms with E-state index >= 15 is 0 Å². The number of hydrogen-bond acceptors (Lipinski definition) is 5. The van der Waals surface area contributed by atoms with Crippen LogP contribution in [0.2, 0.25) is 0 Å². The van der Waals surface area contributed by atoms with Crippen molar-refractivity contribution >= 4 is 22.6 Å². The lowest BCUT2D eigenvalue weighted by molar-refractivity contribution is -0.171. The molecule has 0 fully saturated rings. The summed E-state index contributed by atoms with van der Waals surface area (Å²) in [6.45, 7) is 2.70. The van der Waals surface area contributed by atoms with E-state index in [9.17, 15) is 10.2 Å². The number of aliphatic hydroxyl groups is 3. The van der Waals surface area contributed by atoms with Crippen LogP contribution in [0.4, 0.5) is 0 Å². The molecule has 0 aliphatic heterocycles. The van der Waals surface area contributed by atoms with Crippen LogP contribution in [0.3, 0.4) is 0 Å². The van der Waals surface area contributed by atoms with Gasteiger partial charge in [0.1, 0.15) is 18.0 Å². The zero-order chi connectivity index (χ0) is 14.4. The Morgan fingerprint density at radius 1 is 1.21 bits per heavy atom. The molecule has 5 nitrogen and oxygen atoms in total. The third kappa shape index (κ3) is 5.23. The maximum absolute atomic E-state index is 9.66. The Balaban J connectivity index is 2.59. The summed E-state index contributed by atoms with van der Waals surface area (Å²) in [5, 5.41) is 28.1. The summed E-state index contributed by atoms with van der Waals surface area (Å²) >= 11 is 2.14. The minimum atomic E-state index is -1.16. The molecule has 1 rings (SSSR count). The average Bonchev–Trinajstić information content (AvgIpc) is 2.37. The van der Waals surface area contributed by atoms with Crippen LogP contribution in [0.25, 0.3) is 0 Å². The van der Waals surface area contributed by atoms with Crippen LogP contribution >= 0.6 is 22.6 Å². The topological polar surface area (TPSA) is 79.2 Å². The molecule has 1 aromatic carbocycles. The molecule has 2 unspecified atom stereocenters. The van der Waals surface area contributed by atoms with Gasteiger partial charge in [-0.05, 0) is 48.6 Å². The Hall–Kier alpha value is -0.410. The van der Waals surface area contributed by atoms with Crippen LogP contribution in [-0.2, 0) is 4.74 Å². The third-order valence-electron chi connectivity index (χ3n) is 2.55. The molecule has 0 heterocycles. The van der Waals surface area contributed by atoms with Crippen LogP contribution in [-0.4, -0.2) is 46.5 Å². The lowest BCUT2D eigenvalue weighted by Gasteiger charge is -2.27. The van der Waals surface area contributed by atoms with Gasteiger partial charge in [-0.1, -0.05) is 12.1 Å². The summed E-state index contributed by atoms with van der Waals surface area (Å²) in [4.78, 5) is 0. The van der Waals surface area contributed by atoms with Crippen molar-refractivity contribution in [1.29, 1.82) is 0 Å². The van der Waals surface area contributed by atoms with Gasteiger partial charge in [0.25, 0.3) is 0 Å². The smallest absolute Gasteiger partial charge is 0.197 e. The number of ether oxygens (including phenoxy) is 2. The first-order valence-electron chi connectivity index (χ1n) is 5.99. The van der Waals surface area contributed by atoms with Crippen molar-refractivity contribution in [3.05, 3.63) is 27.8 Å². The van der Waals surface area contributed by atoms with Crippen LogP contribution < -0.4 is 4.74 Å². The van der Waals surface area contributed by atoms with E-state index in [2.05, 4.69) is 22.6 Å². The summed E-state index contributed by atoms with van der Waals surface area (Å²) in [5.74, 6) is 0.666. The van der Waals surface area contributed by atoms with E-state index in [1.807, 2.05) is 18.2 Å². The molecule has 1 aromatic rings. The Morgan fingerprint density at radius 3 is 2.37 bits per heavy atom. The molecule has 0 bridgehead atoms. The van der Waals surface area contributed by atoms with Gasteiger partial charge in [-0.15, -0.1) is 0 Å². The van der Waals surface area contributed by atoms with Gasteiger partial charge >= 0.3 is 0 Å². The molecule has 0 aliphatic rings. The van der Waals surface area contributed by atoms with Crippen molar-refractivity contribution in [3.63, 3.8) is 0 Å². The SMILES string of the molecule is CC(Oc1ccccc1I)OC(CO)[C@@H](O)[C@@H](C)O. The van der Waals surface area contributed by atoms with Crippen LogP contribution in [0.1, 0.15) is 13.8 Å². The normalized spacial score (nSPS) is 17.6. The van der Waals surface area contributed by atoms with Gasteiger partial charge in [0, 0.05) is 0 Å². The van der Waals surface area contributed by atoms with Gasteiger partial charge in [0.15, 0.2) is 6.29 Å². The highest BCUT2D eigenvalue weighted by atomic mass is 127. The Bertz CT molecular complexity index is 385. The second-order valence-corrected chi connectivity index (χ2v) is 5.37. The molecule has 0 radical (unpaired) electrons. The number of benzene rings is 1. The van der Waals surface area contributed by atoms with Crippen molar-refractivity contribution in [2.45, 2.75) is 38.4 Å². The Kier molecular flexibility index (Phi) is 7.01. The summed E-state index contributed by atoms with van der Waals surface area (Å²) in [5.41, 5.74) is 0. The maximum Gasteiger partial charge on any atom is 0.197 e. The van der Waals surface area contributed by atoms with E-state index in [0.29, 0.717) is 5.75 Å². The highest BCUT2D eigenvalue weighted by Gasteiger charge is 2.26. The molecule has 6 heteroatoms. The van der Waals surface area contributed by atoms with Gasteiger partial charge in [0.05, 0.1) is 16.3 Å². The molecule has 0 saturated heterocycles. The van der Waals surface area contributed by atoms with Crippen molar-refractivity contribution in [2.24, 2.45) is 0 Å². The second kappa shape index (κ2) is 8.01. The molecule has 108 valence electrons. The molecular weight excluding hydrogens is 363 g/mol. The molecule has 0 amide bonds. The summed E-state index contributed by atoms with van der Waals surface area (Å²) in [6.07, 6.45) is -3.69.